The number of hydrogen-bond acceptors (Lipinski definition) is 6. The number of carbonyl (C=O) groups excluding carboxylic acids is 1. The lowest BCUT2D eigenvalue weighted by molar-refractivity contribution is 0.0474. The van der Waals surface area contributed by atoms with E-state index in [1.165, 1.54) is 17.2 Å². The van der Waals surface area contributed by atoms with Gasteiger partial charge in [0.2, 0.25) is 0 Å². The second-order valence-corrected chi connectivity index (χ2v) is 8.46. The first-order valence-corrected chi connectivity index (χ1v) is 10.9. The van der Waals surface area contributed by atoms with E-state index < -0.39 is 11.6 Å². The van der Waals surface area contributed by atoms with Crippen LogP contribution in [-0.2, 0) is 37.2 Å². The molecule has 7 heteroatoms. The normalized spacial score (nSPS) is 14.6. The largest absolute Gasteiger partial charge is 0.457 e. The van der Waals surface area contributed by atoms with Crippen molar-refractivity contribution in [3.8, 4) is 0 Å². The molecule has 7 nitrogen and oxygen atoms in total. The fraction of sp³-hybridized carbons (Fsp3) is 0.280. The Morgan fingerprint density at radius 3 is 2.72 bits per heavy atom. The third-order valence-electron chi connectivity index (χ3n) is 6.45. The molecule has 160 valence electrons. The van der Waals surface area contributed by atoms with E-state index in [2.05, 4.69) is 4.98 Å². The second-order valence-electron chi connectivity index (χ2n) is 8.46. The number of nitrogens with zero attached hydrogens (tertiary/aromatic N) is 2. The fourth-order valence-corrected chi connectivity index (χ4v) is 4.85. The van der Waals surface area contributed by atoms with Crippen LogP contribution >= 0.6 is 0 Å². The van der Waals surface area contributed by atoms with Crippen LogP contribution in [0.4, 0.5) is 0 Å². The van der Waals surface area contributed by atoms with Crippen LogP contribution in [0.5, 0.6) is 0 Å². The molecule has 0 radical (unpaired) electrons. The fourth-order valence-electron chi connectivity index (χ4n) is 4.85. The van der Waals surface area contributed by atoms with Crippen molar-refractivity contribution in [2.24, 2.45) is 0 Å². The Morgan fingerprint density at radius 1 is 1.00 bits per heavy atom. The minimum absolute atomic E-state index is 0.0436. The van der Waals surface area contributed by atoms with E-state index in [-0.39, 0.29) is 12.2 Å². The smallest absolute Gasteiger partial charge is 0.338 e. The molecule has 0 spiro atoms. The molecule has 6 rings (SSSR count). The van der Waals surface area contributed by atoms with Gasteiger partial charge < -0.3 is 9.15 Å². The zero-order chi connectivity index (χ0) is 21.8. The highest BCUT2D eigenvalue weighted by Crippen LogP contribution is 2.29. The van der Waals surface area contributed by atoms with Crippen molar-refractivity contribution in [1.82, 2.24) is 9.55 Å². The van der Waals surface area contributed by atoms with Crippen LogP contribution in [0.15, 0.2) is 50.4 Å². The summed E-state index contributed by atoms with van der Waals surface area (Å²) in [5.41, 5.74) is 3.88. The number of aromatic nitrogens is 2. The quantitative estimate of drug-likeness (QED) is 0.367. The van der Waals surface area contributed by atoms with Crippen LogP contribution in [0.1, 0.15) is 45.7 Å². The molecule has 2 aromatic carbocycles. The Bertz CT molecular complexity index is 1550. The molecule has 0 N–H and O–H groups in total. The van der Waals surface area contributed by atoms with E-state index in [0.717, 1.165) is 43.3 Å². The lowest BCUT2D eigenvalue weighted by Gasteiger charge is -2.10. The SMILES string of the molecule is O=C(OCc1cc(=O)oc2cc3c(cc12)CCC3)c1ccc2c(=O)n3c(nc2c1)CCC3. The molecule has 1 aliphatic heterocycles. The summed E-state index contributed by atoms with van der Waals surface area (Å²) in [5, 5.41) is 1.29. The molecule has 32 heavy (non-hydrogen) atoms. The molecule has 4 aromatic rings. The summed E-state index contributed by atoms with van der Waals surface area (Å²) >= 11 is 0. The summed E-state index contributed by atoms with van der Waals surface area (Å²) < 4.78 is 12.6. The zero-order valence-electron chi connectivity index (χ0n) is 17.3. The van der Waals surface area contributed by atoms with Gasteiger partial charge in [-0.25, -0.2) is 14.6 Å². The van der Waals surface area contributed by atoms with Gasteiger partial charge in [0.1, 0.15) is 18.0 Å². The van der Waals surface area contributed by atoms with Gasteiger partial charge in [0.15, 0.2) is 0 Å². The summed E-state index contributed by atoms with van der Waals surface area (Å²) in [7, 11) is 0. The predicted molar refractivity (Wildman–Crippen MR) is 118 cm³/mol. The van der Waals surface area contributed by atoms with Crippen molar-refractivity contribution in [3.05, 3.63) is 85.3 Å². The number of ether oxygens (including phenoxy) is 1. The van der Waals surface area contributed by atoms with Gasteiger partial charge in [0.25, 0.3) is 5.56 Å². The third kappa shape index (κ3) is 3.04. The Balaban J connectivity index is 1.31. The van der Waals surface area contributed by atoms with Crippen molar-refractivity contribution < 1.29 is 13.9 Å². The highest BCUT2D eigenvalue weighted by molar-refractivity contribution is 5.94. The molecule has 0 amide bonds. The van der Waals surface area contributed by atoms with Gasteiger partial charge in [-0.1, -0.05) is 0 Å². The number of esters is 1. The zero-order valence-corrected chi connectivity index (χ0v) is 17.3. The summed E-state index contributed by atoms with van der Waals surface area (Å²) in [6.45, 7) is 0.640. The minimum atomic E-state index is -0.531. The monoisotopic (exact) mass is 428 g/mol. The van der Waals surface area contributed by atoms with Crippen LogP contribution in [0.3, 0.4) is 0 Å². The van der Waals surface area contributed by atoms with Gasteiger partial charge in [-0.15, -0.1) is 0 Å². The summed E-state index contributed by atoms with van der Waals surface area (Å²) in [6.07, 6.45) is 4.72. The van der Waals surface area contributed by atoms with E-state index in [1.54, 1.807) is 22.8 Å². The number of fused-ring (bicyclic) bond motifs is 4. The molecule has 1 aliphatic carbocycles. The number of aryl methyl sites for hydroxylation is 3. The number of benzene rings is 2. The van der Waals surface area contributed by atoms with Gasteiger partial charge in [-0.05, 0) is 67.1 Å². The van der Waals surface area contributed by atoms with Crippen LogP contribution in [0.2, 0.25) is 0 Å². The molecule has 0 bridgehead atoms. The average Bonchev–Trinajstić information content (AvgIpc) is 3.44. The molecular weight excluding hydrogens is 408 g/mol. The van der Waals surface area contributed by atoms with Crippen LogP contribution in [0.25, 0.3) is 21.9 Å². The van der Waals surface area contributed by atoms with Crippen molar-refractivity contribution >= 4 is 27.8 Å². The first kappa shape index (κ1) is 19.0. The minimum Gasteiger partial charge on any atom is -0.457 e. The molecule has 3 heterocycles. The molecule has 0 unspecified atom stereocenters. The predicted octanol–water partition coefficient (Wildman–Crippen LogP) is 3.29. The maximum absolute atomic E-state index is 12.8. The lowest BCUT2D eigenvalue weighted by atomic mass is 10.0. The number of hydrogen-bond donors (Lipinski definition) is 0. The Kier molecular flexibility index (Phi) is 4.24. The summed E-state index contributed by atoms with van der Waals surface area (Å²) in [6, 6.07) is 10.2. The van der Waals surface area contributed by atoms with E-state index in [0.29, 0.717) is 34.2 Å². The van der Waals surface area contributed by atoms with Crippen molar-refractivity contribution in [2.75, 3.05) is 0 Å². The van der Waals surface area contributed by atoms with E-state index >= 15 is 0 Å². The van der Waals surface area contributed by atoms with Gasteiger partial charge >= 0.3 is 11.6 Å². The van der Waals surface area contributed by atoms with Crippen LogP contribution in [0, 0.1) is 0 Å². The van der Waals surface area contributed by atoms with E-state index in [4.69, 9.17) is 9.15 Å². The van der Waals surface area contributed by atoms with Crippen LogP contribution in [-0.4, -0.2) is 15.5 Å². The number of carbonyl (C=O) groups is 1. The maximum Gasteiger partial charge on any atom is 0.338 e. The first-order chi connectivity index (χ1) is 15.6. The molecular formula is C25H20N2O5. The van der Waals surface area contributed by atoms with Crippen LogP contribution < -0.4 is 11.2 Å². The van der Waals surface area contributed by atoms with Crippen molar-refractivity contribution in [1.29, 1.82) is 0 Å². The number of rotatable bonds is 3. The van der Waals surface area contributed by atoms with E-state index in [1.807, 2.05) is 12.1 Å². The molecule has 2 aliphatic rings. The summed E-state index contributed by atoms with van der Waals surface area (Å²) in [4.78, 5) is 42.0. The Hall–Kier alpha value is -3.74. The maximum atomic E-state index is 12.8. The topological polar surface area (TPSA) is 91.4 Å². The lowest BCUT2D eigenvalue weighted by Crippen LogP contribution is -2.21. The highest BCUT2D eigenvalue weighted by atomic mass is 16.5. The third-order valence-corrected chi connectivity index (χ3v) is 6.45. The average molecular weight is 428 g/mol. The highest BCUT2D eigenvalue weighted by Gasteiger charge is 2.19. The van der Waals surface area contributed by atoms with Gasteiger partial charge in [0, 0.05) is 30.0 Å². The summed E-state index contributed by atoms with van der Waals surface area (Å²) in [5.74, 6) is 0.222. The van der Waals surface area contributed by atoms with Gasteiger partial charge in [-0.2, -0.15) is 0 Å². The van der Waals surface area contributed by atoms with Crippen molar-refractivity contribution in [2.45, 2.75) is 45.3 Å². The first-order valence-electron chi connectivity index (χ1n) is 10.9. The molecule has 0 atom stereocenters. The molecule has 0 saturated heterocycles. The molecule has 0 saturated carbocycles. The van der Waals surface area contributed by atoms with E-state index in [9.17, 15) is 14.4 Å². The Labute approximate surface area is 182 Å². The molecule has 2 aromatic heterocycles. The van der Waals surface area contributed by atoms with Gasteiger partial charge in [-0.3, -0.25) is 9.36 Å². The van der Waals surface area contributed by atoms with Gasteiger partial charge in [0.05, 0.1) is 16.5 Å². The van der Waals surface area contributed by atoms with Crippen molar-refractivity contribution in [3.63, 3.8) is 0 Å². The standard InChI is InChI=1S/C25H20N2O5/c28-23-12-17(19-9-14-3-1-4-15(14)11-21(19)32-23)13-31-25(30)16-6-7-18-20(10-16)26-22-5-2-8-27(22)24(18)29/h6-7,9-12H,1-5,8,13H2. The Morgan fingerprint density at radius 2 is 1.84 bits per heavy atom. The second kappa shape index (κ2) is 7.15. The molecule has 0 fully saturated rings.